The van der Waals surface area contributed by atoms with Crippen LogP contribution in [0.5, 0.6) is 0 Å². The molecule has 0 bridgehead atoms. The van der Waals surface area contributed by atoms with Gasteiger partial charge in [-0.15, -0.1) is 0 Å². The van der Waals surface area contributed by atoms with Crippen molar-refractivity contribution in [1.82, 2.24) is 10.2 Å². The number of furan rings is 1. The summed E-state index contributed by atoms with van der Waals surface area (Å²) in [6.07, 6.45) is 3.19. The molecule has 0 saturated heterocycles. The van der Waals surface area contributed by atoms with Gasteiger partial charge in [-0.2, -0.15) is 0 Å². The van der Waals surface area contributed by atoms with Gasteiger partial charge >= 0.3 is 0 Å². The van der Waals surface area contributed by atoms with Gasteiger partial charge in [0.15, 0.2) is 0 Å². The molecule has 0 radical (unpaired) electrons. The number of carbonyl (C=O) groups excluding carboxylic acids is 3. The van der Waals surface area contributed by atoms with Crippen LogP contribution in [0.2, 0.25) is 0 Å². The molecule has 6 nitrogen and oxygen atoms in total. The van der Waals surface area contributed by atoms with E-state index in [2.05, 4.69) is 5.32 Å². The maximum Gasteiger partial charge on any atom is 0.261 e. The van der Waals surface area contributed by atoms with Gasteiger partial charge in [-0.05, 0) is 42.3 Å². The summed E-state index contributed by atoms with van der Waals surface area (Å²) in [7, 11) is 0. The molecular formula is C24H22N2O4. The van der Waals surface area contributed by atoms with E-state index in [0.717, 1.165) is 18.4 Å². The lowest BCUT2D eigenvalue weighted by atomic mass is 10.0. The summed E-state index contributed by atoms with van der Waals surface area (Å²) in [5.41, 5.74) is 1.81. The molecule has 1 unspecified atom stereocenters. The standard InChI is InChI=1S/C24H22N2O4/c1-2-3-13-26-23(28)18-12-11-17(15-19(18)24(26)29)22(27)25-21(20-10-7-14-30-20)16-8-5-4-6-9-16/h4-12,14-15,21H,2-3,13H2,1H3,(H,25,27). The van der Waals surface area contributed by atoms with E-state index < -0.39 is 6.04 Å². The first-order valence-electron chi connectivity index (χ1n) is 9.99. The number of unbranched alkanes of at least 4 members (excludes halogenated alkanes) is 1. The molecule has 0 aliphatic carbocycles. The lowest BCUT2D eigenvalue weighted by molar-refractivity contribution is 0.0652. The fourth-order valence-electron chi connectivity index (χ4n) is 3.59. The Morgan fingerprint density at radius 2 is 1.77 bits per heavy atom. The number of nitrogens with zero attached hydrogens (tertiary/aromatic N) is 1. The molecule has 6 heteroatoms. The van der Waals surface area contributed by atoms with Gasteiger partial charge in [-0.1, -0.05) is 43.7 Å². The van der Waals surface area contributed by atoms with Crippen molar-refractivity contribution in [2.24, 2.45) is 0 Å². The predicted octanol–water partition coefficient (Wildman–Crippen LogP) is 4.20. The van der Waals surface area contributed by atoms with Gasteiger partial charge < -0.3 is 9.73 Å². The Labute approximate surface area is 174 Å². The van der Waals surface area contributed by atoms with E-state index in [9.17, 15) is 14.4 Å². The Balaban J connectivity index is 1.60. The highest BCUT2D eigenvalue weighted by atomic mass is 16.3. The molecular weight excluding hydrogens is 380 g/mol. The van der Waals surface area contributed by atoms with Crippen LogP contribution in [-0.4, -0.2) is 29.2 Å². The monoisotopic (exact) mass is 402 g/mol. The molecule has 1 aliphatic heterocycles. The second kappa shape index (κ2) is 8.37. The van der Waals surface area contributed by atoms with E-state index in [4.69, 9.17) is 4.42 Å². The topological polar surface area (TPSA) is 79.6 Å². The van der Waals surface area contributed by atoms with Crippen molar-refractivity contribution in [3.05, 3.63) is 94.9 Å². The Hall–Kier alpha value is -3.67. The number of hydrogen-bond acceptors (Lipinski definition) is 4. The molecule has 4 rings (SSSR count). The van der Waals surface area contributed by atoms with Gasteiger partial charge in [-0.25, -0.2) is 0 Å². The zero-order valence-corrected chi connectivity index (χ0v) is 16.6. The van der Waals surface area contributed by atoms with E-state index >= 15 is 0 Å². The van der Waals surface area contributed by atoms with Crippen LogP contribution in [0.4, 0.5) is 0 Å². The molecule has 3 aromatic rings. The fraction of sp³-hybridized carbons (Fsp3) is 0.208. The highest BCUT2D eigenvalue weighted by Gasteiger charge is 2.35. The average Bonchev–Trinajstić information content (AvgIpc) is 3.39. The first-order chi connectivity index (χ1) is 14.6. The number of imide groups is 1. The summed E-state index contributed by atoms with van der Waals surface area (Å²) >= 11 is 0. The number of benzene rings is 2. The van der Waals surface area contributed by atoms with E-state index in [1.807, 2.05) is 37.3 Å². The Kier molecular flexibility index (Phi) is 5.48. The highest BCUT2D eigenvalue weighted by molar-refractivity contribution is 6.22. The van der Waals surface area contributed by atoms with E-state index in [1.54, 1.807) is 30.5 Å². The smallest absolute Gasteiger partial charge is 0.261 e. The summed E-state index contributed by atoms with van der Waals surface area (Å²) in [6.45, 7) is 2.39. The third kappa shape index (κ3) is 3.64. The molecule has 0 spiro atoms. The number of hydrogen-bond donors (Lipinski definition) is 1. The molecule has 30 heavy (non-hydrogen) atoms. The molecule has 152 valence electrons. The van der Waals surface area contributed by atoms with Crippen LogP contribution in [-0.2, 0) is 0 Å². The van der Waals surface area contributed by atoms with Crippen molar-refractivity contribution in [3.8, 4) is 0 Å². The van der Waals surface area contributed by atoms with Crippen LogP contribution in [0.15, 0.2) is 71.3 Å². The number of amides is 3. The minimum absolute atomic E-state index is 0.276. The number of fused-ring (bicyclic) bond motifs is 1. The van der Waals surface area contributed by atoms with Crippen LogP contribution in [0.1, 0.15) is 68.2 Å². The maximum absolute atomic E-state index is 13.0. The molecule has 1 aromatic heterocycles. The fourth-order valence-corrected chi connectivity index (χ4v) is 3.59. The molecule has 0 fully saturated rings. The lowest BCUT2D eigenvalue weighted by Crippen LogP contribution is -2.30. The number of rotatable bonds is 7. The molecule has 2 heterocycles. The molecule has 1 aliphatic rings. The third-order valence-electron chi connectivity index (χ3n) is 5.20. The quantitative estimate of drug-likeness (QED) is 0.601. The van der Waals surface area contributed by atoms with Crippen LogP contribution in [0.3, 0.4) is 0 Å². The van der Waals surface area contributed by atoms with Gasteiger partial charge in [0.2, 0.25) is 0 Å². The van der Waals surface area contributed by atoms with Crippen molar-refractivity contribution in [2.45, 2.75) is 25.8 Å². The van der Waals surface area contributed by atoms with Crippen LogP contribution in [0.25, 0.3) is 0 Å². The molecule has 0 saturated carbocycles. The predicted molar refractivity (Wildman–Crippen MR) is 111 cm³/mol. The molecule has 1 atom stereocenters. The largest absolute Gasteiger partial charge is 0.467 e. The Morgan fingerprint density at radius 1 is 1.00 bits per heavy atom. The van der Waals surface area contributed by atoms with Crippen LogP contribution in [0, 0.1) is 0 Å². The second-order valence-corrected chi connectivity index (χ2v) is 7.21. The Bertz CT molecular complexity index is 1070. The van der Waals surface area contributed by atoms with Crippen molar-refractivity contribution in [1.29, 1.82) is 0 Å². The van der Waals surface area contributed by atoms with E-state index in [-0.39, 0.29) is 23.3 Å². The van der Waals surface area contributed by atoms with Crippen molar-refractivity contribution in [2.75, 3.05) is 6.54 Å². The minimum Gasteiger partial charge on any atom is -0.467 e. The van der Waals surface area contributed by atoms with Gasteiger partial charge in [-0.3, -0.25) is 19.3 Å². The summed E-state index contributed by atoms with van der Waals surface area (Å²) < 4.78 is 5.52. The van der Waals surface area contributed by atoms with E-state index in [0.29, 0.717) is 23.4 Å². The zero-order chi connectivity index (χ0) is 21.1. The summed E-state index contributed by atoms with van der Waals surface area (Å²) in [6, 6.07) is 17.2. The SMILES string of the molecule is CCCCN1C(=O)c2ccc(C(=O)NC(c3ccccc3)c3ccco3)cc2C1=O. The second-order valence-electron chi connectivity index (χ2n) is 7.21. The third-order valence-corrected chi connectivity index (χ3v) is 5.20. The highest BCUT2D eigenvalue weighted by Crippen LogP contribution is 2.26. The first kappa shape index (κ1) is 19.6. The van der Waals surface area contributed by atoms with Crippen molar-refractivity contribution in [3.63, 3.8) is 0 Å². The van der Waals surface area contributed by atoms with Crippen molar-refractivity contribution < 1.29 is 18.8 Å². The van der Waals surface area contributed by atoms with Gasteiger partial charge in [0.1, 0.15) is 11.8 Å². The molecule has 2 aromatic carbocycles. The van der Waals surface area contributed by atoms with E-state index in [1.165, 1.54) is 11.0 Å². The van der Waals surface area contributed by atoms with Crippen LogP contribution >= 0.6 is 0 Å². The van der Waals surface area contributed by atoms with Crippen LogP contribution < -0.4 is 5.32 Å². The van der Waals surface area contributed by atoms with Gasteiger partial charge in [0.25, 0.3) is 17.7 Å². The van der Waals surface area contributed by atoms with Gasteiger partial charge in [0, 0.05) is 12.1 Å². The summed E-state index contributed by atoms with van der Waals surface area (Å²) in [4.78, 5) is 39.4. The molecule has 1 N–H and O–H groups in total. The first-order valence-corrected chi connectivity index (χ1v) is 9.99. The Morgan fingerprint density at radius 3 is 2.47 bits per heavy atom. The molecule has 3 amide bonds. The average molecular weight is 402 g/mol. The zero-order valence-electron chi connectivity index (χ0n) is 16.6. The normalized spacial score (nSPS) is 14.0. The maximum atomic E-state index is 13.0. The number of carbonyl (C=O) groups is 3. The summed E-state index contributed by atoms with van der Waals surface area (Å²) in [5, 5.41) is 2.97. The van der Waals surface area contributed by atoms with Crippen molar-refractivity contribution >= 4 is 17.7 Å². The minimum atomic E-state index is -0.472. The van der Waals surface area contributed by atoms with Gasteiger partial charge in [0.05, 0.1) is 17.4 Å². The lowest BCUT2D eigenvalue weighted by Gasteiger charge is -2.17. The summed E-state index contributed by atoms with van der Waals surface area (Å²) in [5.74, 6) is -0.389. The number of nitrogens with one attached hydrogen (secondary N) is 1.